The number of esters is 1. The molecule has 2 aliphatic heterocycles. The van der Waals surface area contributed by atoms with E-state index in [1.807, 2.05) is 0 Å². The molecule has 11 heteroatoms. The summed E-state index contributed by atoms with van der Waals surface area (Å²) < 4.78 is 26.9. The first-order chi connectivity index (χ1) is 17.0. The van der Waals surface area contributed by atoms with Crippen LogP contribution in [-0.2, 0) is 61.9 Å². The van der Waals surface area contributed by atoms with Crippen molar-refractivity contribution in [2.24, 2.45) is 5.92 Å². The summed E-state index contributed by atoms with van der Waals surface area (Å²) in [6.45, 7) is 2.94. The van der Waals surface area contributed by atoms with Gasteiger partial charge in [0.05, 0.1) is 18.9 Å². The Kier molecular flexibility index (Phi) is 14.0. The number of rotatable bonds is 12. The van der Waals surface area contributed by atoms with E-state index in [0.717, 1.165) is 63.2 Å². The van der Waals surface area contributed by atoms with E-state index < -0.39 is 0 Å². The molecule has 2 saturated heterocycles. The van der Waals surface area contributed by atoms with E-state index in [9.17, 15) is 14.0 Å². The molecule has 1 amide bonds. The van der Waals surface area contributed by atoms with Crippen molar-refractivity contribution in [2.75, 3.05) is 51.3 Å². The number of methoxy groups -OCH3 is 1. The molecule has 2 bridgehead atoms. The van der Waals surface area contributed by atoms with Gasteiger partial charge in [-0.05, 0) is 63.0 Å². The second kappa shape index (κ2) is 16.1. The van der Waals surface area contributed by atoms with Crippen molar-refractivity contribution >= 4 is 37.1 Å². The third kappa shape index (κ3) is 8.61. The van der Waals surface area contributed by atoms with E-state index >= 15 is 0 Å². The molecule has 2 fully saturated rings. The number of ether oxygens (including phenoxy) is 1. The molecule has 0 radical (unpaired) electrons. The number of amides is 1. The summed E-state index contributed by atoms with van der Waals surface area (Å²) >= 11 is 10.9. The molecule has 0 N–H and O–H groups in total. The predicted molar refractivity (Wildman–Crippen MR) is 132 cm³/mol. The third-order valence-corrected chi connectivity index (χ3v) is 7.24. The van der Waals surface area contributed by atoms with Crippen molar-refractivity contribution in [3.8, 4) is 0 Å². The maximum absolute atomic E-state index is 13.5. The number of hydrogen-bond acceptors (Lipinski definition) is 8. The summed E-state index contributed by atoms with van der Waals surface area (Å²) in [6.07, 6.45) is 3.74. The summed E-state index contributed by atoms with van der Waals surface area (Å²) in [7, 11) is 1.44. The Morgan fingerprint density at radius 3 is 2.51 bits per heavy atom. The number of hydrogen-bond donors (Lipinski definition) is 0. The maximum atomic E-state index is 13.5. The van der Waals surface area contributed by atoms with Crippen LogP contribution in [0, 0.1) is 11.7 Å². The Balaban J connectivity index is 0.00000210. The number of piperidine rings is 1. The quantitative estimate of drug-likeness (QED) is 0.265. The molecular formula is C24H33FN3O4S2Tc+. The SMILES string of the molecule is COC(=O)[C@@H]1C2CCC(C[C@@H]1c1ccc(F)cc1)N2CCCN(CC[S-])CC(=O)[N-]CC[S-].[O]=[Tc+4]. The Morgan fingerprint density at radius 1 is 1.17 bits per heavy atom. The van der Waals surface area contributed by atoms with Crippen LogP contribution in [0.1, 0.15) is 37.2 Å². The van der Waals surface area contributed by atoms with E-state index in [-0.39, 0.29) is 42.1 Å². The number of halogens is 1. The molecular weight excluding hydrogens is 575 g/mol. The van der Waals surface area contributed by atoms with Crippen LogP contribution in [0.4, 0.5) is 4.39 Å². The van der Waals surface area contributed by atoms with Crippen molar-refractivity contribution in [2.45, 2.75) is 43.7 Å². The van der Waals surface area contributed by atoms with Gasteiger partial charge in [0.2, 0.25) is 0 Å². The van der Waals surface area contributed by atoms with E-state index in [1.54, 1.807) is 12.1 Å². The van der Waals surface area contributed by atoms with Crippen LogP contribution in [0.15, 0.2) is 24.3 Å². The van der Waals surface area contributed by atoms with Gasteiger partial charge < -0.3 is 40.1 Å². The van der Waals surface area contributed by atoms with Crippen molar-refractivity contribution in [3.63, 3.8) is 0 Å². The Labute approximate surface area is 229 Å². The van der Waals surface area contributed by atoms with Gasteiger partial charge in [0, 0.05) is 24.5 Å². The molecule has 0 aliphatic carbocycles. The summed E-state index contributed by atoms with van der Waals surface area (Å²) in [4.78, 5) is 29.4. The normalized spacial score (nSPS) is 23.5. The van der Waals surface area contributed by atoms with Crippen LogP contribution < -0.4 is 0 Å². The molecule has 3 rings (SSSR count). The molecule has 1 aromatic carbocycles. The Bertz CT molecular complexity index is 807. The minimum absolute atomic E-state index is 0.0344. The number of nitrogens with zero attached hydrogens (tertiary/aromatic N) is 3. The number of carbonyl (C=O) groups excluding carboxylic acids is 2. The number of benzene rings is 1. The van der Waals surface area contributed by atoms with Gasteiger partial charge in [0.25, 0.3) is 0 Å². The first-order valence-electron chi connectivity index (χ1n) is 11.8. The van der Waals surface area contributed by atoms with Crippen LogP contribution in [0.5, 0.6) is 0 Å². The first kappa shape index (κ1) is 30.4. The minimum atomic E-state index is -0.271. The summed E-state index contributed by atoms with van der Waals surface area (Å²) in [5.74, 6) is 0.176. The van der Waals surface area contributed by atoms with Crippen LogP contribution in [0.2, 0.25) is 0 Å². The van der Waals surface area contributed by atoms with Gasteiger partial charge >= 0.3 is 28.3 Å². The van der Waals surface area contributed by atoms with Gasteiger partial charge in [0.15, 0.2) is 0 Å². The van der Waals surface area contributed by atoms with E-state index in [2.05, 4.69) is 15.1 Å². The van der Waals surface area contributed by atoms with Crippen LogP contribution in [0.25, 0.3) is 5.32 Å². The van der Waals surface area contributed by atoms with Crippen LogP contribution in [0.3, 0.4) is 0 Å². The first-order valence-corrected chi connectivity index (χ1v) is 13.7. The fourth-order valence-corrected chi connectivity index (χ4v) is 5.81. The number of carbonyl (C=O) groups is 2. The van der Waals surface area contributed by atoms with Gasteiger partial charge in [0.1, 0.15) is 5.82 Å². The van der Waals surface area contributed by atoms with Gasteiger partial charge in [-0.25, -0.2) is 4.39 Å². The van der Waals surface area contributed by atoms with Crippen molar-refractivity contribution < 1.29 is 41.1 Å². The summed E-state index contributed by atoms with van der Waals surface area (Å²) in [5.41, 5.74) is 1.00. The van der Waals surface area contributed by atoms with Gasteiger partial charge in [-0.1, -0.05) is 12.1 Å². The zero-order valence-corrected chi connectivity index (χ0v) is 23.4. The van der Waals surface area contributed by atoms with E-state index in [1.165, 1.54) is 19.2 Å². The van der Waals surface area contributed by atoms with Crippen LogP contribution >= 0.6 is 0 Å². The van der Waals surface area contributed by atoms with E-state index in [4.69, 9.17) is 33.5 Å². The molecule has 0 spiro atoms. The fraction of sp³-hybridized carbons (Fsp3) is 0.667. The van der Waals surface area contributed by atoms with Crippen molar-refractivity contribution in [3.05, 3.63) is 41.0 Å². The predicted octanol–water partition coefficient (Wildman–Crippen LogP) is 2.50. The molecule has 4 atom stereocenters. The average Bonchev–Trinajstić information content (AvgIpc) is 3.14. The zero-order chi connectivity index (χ0) is 25.8. The average molecular weight is 609 g/mol. The van der Waals surface area contributed by atoms with E-state index in [0.29, 0.717) is 30.6 Å². The van der Waals surface area contributed by atoms with Gasteiger partial charge in [-0.15, -0.1) is 0 Å². The zero-order valence-electron chi connectivity index (χ0n) is 19.9. The molecule has 2 aliphatic rings. The third-order valence-electron chi connectivity index (χ3n) is 6.87. The molecule has 1 aromatic rings. The molecule has 0 aromatic heterocycles. The van der Waals surface area contributed by atoms with Crippen molar-refractivity contribution in [1.82, 2.24) is 9.80 Å². The molecule has 2 heterocycles. The molecule has 35 heavy (non-hydrogen) atoms. The monoisotopic (exact) mass is 607 g/mol. The van der Waals surface area contributed by atoms with Crippen LogP contribution in [-0.4, -0.2) is 85.1 Å². The van der Waals surface area contributed by atoms with Gasteiger partial charge in [-0.2, -0.15) is 18.1 Å². The fourth-order valence-electron chi connectivity index (χ4n) is 5.46. The Hall–Kier alpha value is -0.841. The molecule has 0 saturated carbocycles. The molecule has 2 unspecified atom stereocenters. The second-order valence-electron chi connectivity index (χ2n) is 8.79. The summed E-state index contributed by atoms with van der Waals surface area (Å²) in [6, 6.07) is 7.03. The topological polar surface area (TPSA) is 81.0 Å². The molecule has 193 valence electrons. The standard InChI is InChI=1S/C24H36FN3O3S2.O.Tc/c1-31-24(30)23-20(17-3-5-18(25)6-4-17)15-19-7-8-21(23)28(19)11-2-10-27(12-14-33)16-22(29)26-9-13-32;;/h3-6,19-21,23H,2,7-16H2,1H3,(H3,26,29,32,33);;/q;;+4/p-3/t19?,20-,21?,23+;;/m1../s1. The summed E-state index contributed by atoms with van der Waals surface area (Å²) in [5, 5.41) is 3.97. The second-order valence-corrected chi connectivity index (χ2v) is 9.61. The number of fused-ring (bicyclic) bond motifs is 2. The molecule has 7 nitrogen and oxygen atoms in total. The Morgan fingerprint density at radius 2 is 1.89 bits per heavy atom. The van der Waals surface area contributed by atoms with Crippen molar-refractivity contribution in [1.29, 1.82) is 0 Å². The van der Waals surface area contributed by atoms with Gasteiger partial charge in [-0.3, -0.25) is 14.6 Å².